The number of aryl methyl sites for hydroxylation is 2. The number of amides is 1. The Labute approximate surface area is 147 Å². The van der Waals surface area contributed by atoms with Crippen LogP contribution in [-0.2, 0) is 6.54 Å². The van der Waals surface area contributed by atoms with Gasteiger partial charge in [0.15, 0.2) is 0 Å². The minimum atomic E-state index is -0.177. The van der Waals surface area contributed by atoms with Gasteiger partial charge in [0.2, 0.25) is 0 Å². The number of hydrogen-bond donors (Lipinski definition) is 2. The number of pyridine rings is 1. The second-order valence-corrected chi connectivity index (χ2v) is 6.04. The van der Waals surface area contributed by atoms with Crippen LogP contribution in [0, 0.1) is 13.8 Å². The van der Waals surface area contributed by atoms with Crippen molar-refractivity contribution in [3.63, 3.8) is 0 Å². The lowest BCUT2D eigenvalue weighted by Gasteiger charge is -2.10. The van der Waals surface area contributed by atoms with Crippen LogP contribution < -0.4 is 10.6 Å². The SMILES string of the molecule is Cc1cccc(CNC(=O)c2ccc(Nc3ccccc3C)cn2)c1. The zero-order valence-corrected chi connectivity index (χ0v) is 14.4. The Hall–Kier alpha value is -3.14. The van der Waals surface area contributed by atoms with E-state index < -0.39 is 0 Å². The Kier molecular flexibility index (Phi) is 5.09. The number of hydrogen-bond acceptors (Lipinski definition) is 3. The van der Waals surface area contributed by atoms with Gasteiger partial charge in [0.05, 0.1) is 11.9 Å². The Bertz CT molecular complexity index is 872. The molecule has 0 radical (unpaired) electrons. The number of rotatable bonds is 5. The van der Waals surface area contributed by atoms with Gasteiger partial charge in [0.1, 0.15) is 5.69 Å². The molecule has 2 aromatic carbocycles. The molecule has 4 heteroatoms. The highest BCUT2D eigenvalue weighted by Crippen LogP contribution is 2.19. The molecule has 3 rings (SSSR count). The highest BCUT2D eigenvalue weighted by atomic mass is 16.1. The molecule has 1 aromatic heterocycles. The molecule has 25 heavy (non-hydrogen) atoms. The first-order valence-electron chi connectivity index (χ1n) is 8.24. The molecular weight excluding hydrogens is 310 g/mol. The summed E-state index contributed by atoms with van der Waals surface area (Å²) in [7, 11) is 0. The largest absolute Gasteiger partial charge is 0.354 e. The van der Waals surface area contributed by atoms with Crippen molar-refractivity contribution in [1.82, 2.24) is 10.3 Å². The number of para-hydroxylation sites is 1. The molecule has 0 unspecified atom stereocenters. The Morgan fingerprint density at radius 1 is 1.00 bits per heavy atom. The van der Waals surface area contributed by atoms with Gasteiger partial charge in [0, 0.05) is 12.2 Å². The van der Waals surface area contributed by atoms with Gasteiger partial charge in [-0.05, 0) is 43.2 Å². The highest BCUT2D eigenvalue weighted by molar-refractivity contribution is 5.92. The Morgan fingerprint density at radius 2 is 1.84 bits per heavy atom. The third kappa shape index (κ3) is 4.44. The van der Waals surface area contributed by atoms with E-state index in [-0.39, 0.29) is 5.91 Å². The van der Waals surface area contributed by atoms with Crippen LogP contribution in [0.15, 0.2) is 66.9 Å². The lowest BCUT2D eigenvalue weighted by atomic mass is 10.1. The number of benzene rings is 2. The van der Waals surface area contributed by atoms with Crippen LogP contribution in [0.25, 0.3) is 0 Å². The van der Waals surface area contributed by atoms with Crippen molar-refractivity contribution < 1.29 is 4.79 Å². The average molecular weight is 331 g/mol. The van der Waals surface area contributed by atoms with Crippen LogP contribution in [0.5, 0.6) is 0 Å². The van der Waals surface area contributed by atoms with Gasteiger partial charge >= 0.3 is 0 Å². The number of nitrogens with one attached hydrogen (secondary N) is 2. The predicted molar refractivity (Wildman–Crippen MR) is 101 cm³/mol. The predicted octanol–water partition coefficient (Wildman–Crippen LogP) is 4.37. The smallest absolute Gasteiger partial charge is 0.270 e. The molecule has 0 fully saturated rings. The van der Waals surface area contributed by atoms with Gasteiger partial charge in [-0.2, -0.15) is 0 Å². The maximum atomic E-state index is 12.2. The molecule has 0 aliphatic carbocycles. The highest BCUT2D eigenvalue weighted by Gasteiger charge is 2.07. The molecule has 0 atom stereocenters. The zero-order chi connectivity index (χ0) is 17.6. The average Bonchev–Trinajstić information content (AvgIpc) is 2.62. The summed E-state index contributed by atoms with van der Waals surface area (Å²) in [6, 6.07) is 19.7. The van der Waals surface area contributed by atoms with Gasteiger partial charge < -0.3 is 10.6 Å². The van der Waals surface area contributed by atoms with E-state index in [1.807, 2.05) is 62.4 Å². The van der Waals surface area contributed by atoms with Gasteiger partial charge in [-0.3, -0.25) is 4.79 Å². The first-order valence-corrected chi connectivity index (χ1v) is 8.24. The van der Waals surface area contributed by atoms with E-state index in [1.165, 1.54) is 5.56 Å². The summed E-state index contributed by atoms with van der Waals surface area (Å²) in [6.45, 7) is 4.57. The quantitative estimate of drug-likeness (QED) is 0.730. The van der Waals surface area contributed by atoms with Gasteiger partial charge in [0.25, 0.3) is 5.91 Å². The maximum Gasteiger partial charge on any atom is 0.270 e. The molecule has 0 spiro atoms. The number of aromatic nitrogens is 1. The number of carbonyl (C=O) groups excluding carboxylic acids is 1. The summed E-state index contributed by atoms with van der Waals surface area (Å²) in [5.41, 5.74) is 5.69. The second-order valence-electron chi connectivity index (χ2n) is 6.04. The molecule has 0 bridgehead atoms. The van der Waals surface area contributed by atoms with E-state index >= 15 is 0 Å². The van der Waals surface area contributed by atoms with E-state index in [0.717, 1.165) is 22.5 Å². The fourth-order valence-electron chi connectivity index (χ4n) is 2.57. The Balaban J connectivity index is 1.61. The maximum absolute atomic E-state index is 12.2. The summed E-state index contributed by atoms with van der Waals surface area (Å²) < 4.78 is 0. The zero-order valence-electron chi connectivity index (χ0n) is 14.4. The van der Waals surface area contributed by atoms with E-state index in [0.29, 0.717) is 12.2 Å². The lowest BCUT2D eigenvalue weighted by Crippen LogP contribution is -2.23. The van der Waals surface area contributed by atoms with E-state index in [1.54, 1.807) is 12.3 Å². The molecule has 0 aliphatic heterocycles. The first-order chi connectivity index (χ1) is 12.1. The summed E-state index contributed by atoms with van der Waals surface area (Å²) in [4.78, 5) is 16.5. The van der Waals surface area contributed by atoms with Crippen LogP contribution in [0.2, 0.25) is 0 Å². The van der Waals surface area contributed by atoms with Crippen molar-refractivity contribution >= 4 is 17.3 Å². The normalized spacial score (nSPS) is 10.3. The number of carbonyl (C=O) groups is 1. The summed E-state index contributed by atoms with van der Waals surface area (Å²) >= 11 is 0. The van der Waals surface area contributed by atoms with Crippen molar-refractivity contribution in [3.05, 3.63) is 89.2 Å². The number of nitrogens with zero attached hydrogens (tertiary/aromatic N) is 1. The molecule has 0 aliphatic rings. The molecule has 126 valence electrons. The fourth-order valence-corrected chi connectivity index (χ4v) is 2.57. The van der Waals surface area contributed by atoms with Gasteiger partial charge in [-0.15, -0.1) is 0 Å². The molecule has 4 nitrogen and oxygen atoms in total. The summed E-state index contributed by atoms with van der Waals surface area (Å²) in [5.74, 6) is -0.177. The third-order valence-electron chi connectivity index (χ3n) is 3.96. The van der Waals surface area contributed by atoms with Crippen molar-refractivity contribution in [1.29, 1.82) is 0 Å². The third-order valence-corrected chi connectivity index (χ3v) is 3.96. The standard InChI is InChI=1S/C21H21N3O/c1-15-6-5-8-17(12-15)13-23-21(25)20-11-10-18(14-22-20)24-19-9-4-3-7-16(19)2/h3-12,14,24H,13H2,1-2H3,(H,23,25). The molecule has 1 heterocycles. The van der Waals surface area contributed by atoms with Crippen LogP contribution in [0.4, 0.5) is 11.4 Å². The van der Waals surface area contributed by atoms with E-state index in [4.69, 9.17) is 0 Å². The van der Waals surface area contributed by atoms with Crippen molar-refractivity contribution in [2.75, 3.05) is 5.32 Å². The van der Waals surface area contributed by atoms with Crippen LogP contribution in [0.3, 0.4) is 0 Å². The molecule has 2 N–H and O–H groups in total. The minimum Gasteiger partial charge on any atom is -0.354 e. The molecule has 0 saturated heterocycles. The summed E-state index contributed by atoms with van der Waals surface area (Å²) in [5, 5.41) is 6.21. The van der Waals surface area contributed by atoms with Crippen molar-refractivity contribution in [3.8, 4) is 0 Å². The number of anilines is 2. The summed E-state index contributed by atoms with van der Waals surface area (Å²) in [6.07, 6.45) is 1.67. The second kappa shape index (κ2) is 7.62. The van der Waals surface area contributed by atoms with Crippen LogP contribution >= 0.6 is 0 Å². The monoisotopic (exact) mass is 331 g/mol. The van der Waals surface area contributed by atoms with Crippen LogP contribution in [-0.4, -0.2) is 10.9 Å². The van der Waals surface area contributed by atoms with Crippen LogP contribution in [0.1, 0.15) is 27.2 Å². The van der Waals surface area contributed by atoms with E-state index in [9.17, 15) is 4.79 Å². The van der Waals surface area contributed by atoms with E-state index in [2.05, 4.69) is 21.7 Å². The first kappa shape index (κ1) is 16.7. The molecule has 1 amide bonds. The topological polar surface area (TPSA) is 54.0 Å². The molecule has 3 aromatic rings. The molecular formula is C21H21N3O. The molecule has 0 saturated carbocycles. The lowest BCUT2D eigenvalue weighted by molar-refractivity contribution is 0.0946. The van der Waals surface area contributed by atoms with Gasteiger partial charge in [-0.25, -0.2) is 4.98 Å². The Morgan fingerprint density at radius 3 is 2.56 bits per heavy atom. The van der Waals surface area contributed by atoms with Gasteiger partial charge in [-0.1, -0.05) is 48.0 Å². The van der Waals surface area contributed by atoms with Crippen molar-refractivity contribution in [2.45, 2.75) is 20.4 Å². The minimum absolute atomic E-state index is 0.177. The fraction of sp³-hybridized carbons (Fsp3) is 0.143. The van der Waals surface area contributed by atoms with Crippen molar-refractivity contribution in [2.24, 2.45) is 0 Å².